The highest BCUT2D eigenvalue weighted by molar-refractivity contribution is 5.96. The molecule has 0 radical (unpaired) electrons. The Kier molecular flexibility index (Phi) is 4.99. The minimum Gasteiger partial charge on any atom is -0.481 e. The van der Waals surface area contributed by atoms with Gasteiger partial charge in [-0.05, 0) is 19.1 Å². The highest BCUT2D eigenvalue weighted by Gasteiger charge is 2.13. The Morgan fingerprint density at radius 3 is 2.47 bits per heavy atom. The Balaban J connectivity index is 2.68. The van der Waals surface area contributed by atoms with Crippen LogP contribution in [0.1, 0.15) is 34.2 Å². The lowest BCUT2D eigenvalue weighted by atomic mass is 10.2. The molecule has 0 spiro atoms. The Morgan fingerprint density at radius 2 is 2.00 bits per heavy atom. The molecule has 1 unspecified atom stereocenters. The third-order valence-electron chi connectivity index (χ3n) is 2.34. The average molecular weight is 265 g/mol. The molecule has 2 amide bonds. The minimum absolute atomic E-state index is 0.157. The second-order valence-corrected chi connectivity index (χ2v) is 3.98. The van der Waals surface area contributed by atoms with E-state index in [1.165, 1.54) is 25.4 Å². The first-order valence-corrected chi connectivity index (χ1v) is 5.64. The van der Waals surface area contributed by atoms with Gasteiger partial charge in [-0.2, -0.15) is 0 Å². The number of pyridine rings is 1. The van der Waals surface area contributed by atoms with Crippen molar-refractivity contribution < 1.29 is 19.5 Å². The summed E-state index contributed by atoms with van der Waals surface area (Å²) in [5, 5.41) is 13.5. The van der Waals surface area contributed by atoms with Crippen LogP contribution in [-0.2, 0) is 4.79 Å². The van der Waals surface area contributed by atoms with E-state index in [2.05, 4.69) is 15.6 Å². The normalized spacial score (nSPS) is 11.5. The number of carboxylic acids is 1. The van der Waals surface area contributed by atoms with Crippen LogP contribution in [0, 0.1) is 0 Å². The van der Waals surface area contributed by atoms with Gasteiger partial charge in [0.2, 0.25) is 0 Å². The van der Waals surface area contributed by atoms with Crippen molar-refractivity contribution in [1.29, 1.82) is 0 Å². The summed E-state index contributed by atoms with van der Waals surface area (Å²) in [5.41, 5.74) is 0.475. The first kappa shape index (κ1) is 14.6. The molecule has 0 aliphatic carbocycles. The average Bonchev–Trinajstić information content (AvgIpc) is 2.36. The maximum Gasteiger partial charge on any atom is 0.305 e. The minimum atomic E-state index is -0.985. The smallest absolute Gasteiger partial charge is 0.305 e. The molecule has 1 atom stereocenters. The van der Waals surface area contributed by atoms with E-state index in [1.54, 1.807) is 6.92 Å². The fourth-order valence-electron chi connectivity index (χ4n) is 1.41. The van der Waals surface area contributed by atoms with E-state index in [0.717, 1.165) is 0 Å². The SMILES string of the molecule is CNC(=O)c1ccc(C(=O)NC(C)CC(=O)O)cn1. The van der Waals surface area contributed by atoms with Gasteiger partial charge >= 0.3 is 5.97 Å². The summed E-state index contributed by atoms with van der Waals surface area (Å²) < 4.78 is 0. The molecule has 7 nitrogen and oxygen atoms in total. The second kappa shape index (κ2) is 6.48. The standard InChI is InChI=1S/C12H15N3O4/c1-7(5-10(16)17)15-11(18)8-3-4-9(14-6-8)12(19)13-2/h3-4,6-7H,5H2,1-2H3,(H,13,19)(H,15,18)(H,16,17). The molecule has 0 bridgehead atoms. The van der Waals surface area contributed by atoms with E-state index in [4.69, 9.17) is 5.11 Å². The molecule has 0 saturated carbocycles. The molecule has 0 aliphatic rings. The van der Waals surface area contributed by atoms with Crippen molar-refractivity contribution in [2.24, 2.45) is 0 Å². The van der Waals surface area contributed by atoms with Gasteiger partial charge in [-0.3, -0.25) is 19.4 Å². The summed E-state index contributed by atoms with van der Waals surface area (Å²) >= 11 is 0. The van der Waals surface area contributed by atoms with Crippen molar-refractivity contribution in [2.45, 2.75) is 19.4 Å². The zero-order valence-corrected chi connectivity index (χ0v) is 10.6. The summed E-state index contributed by atoms with van der Waals surface area (Å²) in [6.45, 7) is 1.60. The van der Waals surface area contributed by atoms with Gasteiger partial charge in [-0.1, -0.05) is 0 Å². The molecular weight excluding hydrogens is 250 g/mol. The van der Waals surface area contributed by atoms with Crippen molar-refractivity contribution in [3.8, 4) is 0 Å². The number of carboxylic acid groups (broad SMARTS) is 1. The molecule has 1 rings (SSSR count). The Hall–Kier alpha value is -2.44. The molecule has 0 aromatic carbocycles. The summed E-state index contributed by atoms with van der Waals surface area (Å²) in [6.07, 6.45) is 1.11. The van der Waals surface area contributed by atoms with Crippen molar-refractivity contribution in [2.75, 3.05) is 7.05 Å². The second-order valence-electron chi connectivity index (χ2n) is 3.98. The molecule has 19 heavy (non-hydrogen) atoms. The van der Waals surface area contributed by atoms with E-state index in [-0.39, 0.29) is 23.6 Å². The lowest BCUT2D eigenvalue weighted by Crippen LogP contribution is -2.34. The number of carbonyl (C=O) groups excluding carboxylic acids is 2. The molecule has 7 heteroatoms. The number of nitrogens with zero attached hydrogens (tertiary/aromatic N) is 1. The highest BCUT2D eigenvalue weighted by atomic mass is 16.4. The monoisotopic (exact) mass is 265 g/mol. The predicted octanol–water partition coefficient (Wildman–Crippen LogP) is 0.0342. The van der Waals surface area contributed by atoms with E-state index >= 15 is 0 Å². The number of amides is 2. The number of nitrogens with one attached hydrogen (secondary N) is 2. The van der Waals surface area contributed by atoms with Gasteiger partial charge in [0.05, 0.1) is 12.0 Å². The van der Waals surface area contributed by atoms with Crippen LogP contribution in [0.15, 0.2) is 18.3 Å². The maximum atomic E-state index is 11.7. The van der Waals surface area contributed by atoms with Crippen LogP contribution in [0.5, 0.6) is 0 Å². The third-order valence-corrected chi connectivity index (χ3v) is 2.34. The van der Waals surface area contributed by atoms with E-state index in [9.17, 15) is 14.4 Å². The van der Waals surface area contributed by atoms with Crippen LogP contribution in [0.2, 0.25) is 0 Å². The molecule has 0 fully saturated rings. The van der Waals surface area contributed by atoms with Crippen LogP contribution >= 0.6 is 0 Å². The van der Waals surface area contributed by atoms with Crippen molar-refractivity contribution in [1.82, 2.24) is 15.6 Å². The van der Waals surface area contributed by atoms with Gasteiger partial charge < -0.3 is 15.7 Å². The Labute approximate surface area is 110 Å². The van der Waals surface area contributed by atoms with Gasteiger partial charge in [0.1, 0.15) is 5.69 Å². The van der Waals surface area contributed by atoms with Gasteiger partial charge in [-0.25, -0.2) is 0 Å². The van der Waals surface area contributed by atoms with Crippen molar-refractivity contribution >= 4 is 17.8 Å². The van der Waals surface area contributed by atoms with Gasteiger partial charge in [0, 0.05) is 19.3 Å². The topological polar surface area (TPSA) is 108 Å². The van der Waals surface area contributed by atoms with Crippen molar-refractivity contribution in [3.63, 3.8) is 0 Å². The molecule has 1 heterocycles. The number of hydrogen-bond acceptors (Lipinski definition) is 4. The number of aromatic nitrogens is 1. The zero-order chi connectivity index (χ0) is 14.4. The zero-order valence-electron chi connectivity index (χ0n) is 10.6. The van der Waals surface area contributed by atoms with Crippen LogP contribution in [-0.4, -0.2) is 41.0 Å². The van der Waals surface area contributed by atoms with Gasteiger partial charge in [-0.15, -0.1) is 0 Å². The fraction of sp³-hybridized carbons (Fsp3) is 0.333. The van der Waals surface area contributed by atoms with E-state index < -0.39 is 17.9 Å². The molecule has 0 saturated heterocycles. The lowest BCUT2D eigenvalue weighted by Gasteiger charge is -2.11. The lowest BCUT2D eigenvalue weighted by molar-refractivity contribution is -0.137. The quantitative estimate of drug-likeness (QED) is 0.696. The Morgan fingerprint density at radius 1 is 1.32 bits per heavy atom. The van der Waals surface area contributed by atoms with E-state index in [1.807, 2.05) is 0 Å². The number of carbonyl (C=O) groups is 3. The summed E-state index contributed by atoms with van der Waals surface area (Å²) in [5.74, 6) is -1.75. The first-order valence-electron chi connectivity index (χ1n) is 5.64. The predicted molar refractivity (Wildman–Crippen MR) is 66.8 cm³/mol. The largest absolute Gasteiger partial charge is 0.481 e. The molecule has 0 aliphatic heterocycles. The summed E-state index contributed by atoms with van der Waals surface area (Å²) in [6, 6.07) is 2.40. The van der Waals surface area contributed by atoms with Crippen LogP contribution in [0.4, 0.5) is 0 Å². The fourth-order valence-corrected chi connectivity index (χ4v) is 1.41. The van der Waals surface area contributed by atoms with Crippen LogP contribution in [0.25, 0.3) is 0 Å². The molecule has 1 aromatic rings. The number of aliphatic carboxylic acids is 1. The summed E-state index contributed by atoms with van der Waals surface area (Å²) in [4.78, 5) is 37.3. The molecular formula is C12H15N3O4. The molecule has 1 aromatic heterocycles. The van der Waals surface area contributed by atoms with Gasteiger partial charge in [0.15, 0.2) is 0 Å². The van der Waals surface area contributed by atoms with Crippen molar-refractivity contribution in [3.05, 3.63) is 29.6 Å². The third kappa shape index (κ3) is 4.38. The Bertz CT molecular complexity index is 484. The highest BCUT2D eigenvalue weighted by Crippen LogP contribution is 2.02. The van der Waals surface area contributed by atoms with Gasteiger partial charge in [0.25, 0.3) is 11.8 Å². The number of rotatable bonds is 5. The summed E-state index contributed by atoms with van der Waals surface area (Å²) in [7, 11) is 1.48. The number of hydrogen-bond donors (Lipinski definition) is 3. The van der Waals surface area contributed by atoms with Crippen LogP contribution < -0.4 is 10.6 Å². The maximum absolute atomic E-state index is 11.7. The van der Waals surface area contributed by atoms with Crippen LogP contribution in [0.3, 0.4) is 0 Å². The van der Waals surface area contributed by atoms with E-state index in [0.29, 0.717) is 0 Å². The first-order chi connectivity index (χ1) is 8.93. The molecule has 102 valence electrons. The molecule has 3 N–H and O–H groups in total.